The van der Waals surface area contributed by atoms with Crippen LogP contribution in [0.25, 0.3) is 0 Å². The highest BCUT2D eigenvalue weighted by molar-refractivity contribution is 5.90. The number of β-amino-alcohol motifs (C(OH)–C–C–N with tert-alkyl or cyclic N) is 1. The molecule has 2 amide bonds. The minimum atomic E-state index is -0.562. The second-order valence-electron chi connectivity index (χ2n) is 6.62. The van der Waals surface area contributed by atoms with Gasteiger partial charge in [0.1, 0.15) is 12.4 Å². The summed E-state index contributed by atoms with van der Waals surface area (Å²) in [4.78, 5) is 26.2. The third kappa shape index (κ3) is 3.53. The molecule has 7 nitrogen and oxygen atoms in total. The van der Waals surface area contributed by atoms with E-state index in [-0.39, 0.29) is 31.0 Å². The first-order chi connectivity index (χ1) is 11.9. The summed E-state index contributed by atoms with van der Waals surface area (Å²) in [5.74, 6) is -0.589. The number of nitrogens with zero attached hydrogens (tertiary/aromatic N) is 2. The Bertz CT molecular complexity index is 674. The Hall–Kier alpha value is -2.35. The minimum Gasteiger partial charge on any atom is -0.447 e. The summed E-state index contributed by atoms with van der Waals surface area (Å²) in [6.45, 7) is 4.65. The van der Waals surface area contributed by atoms with Gasteiger partial charge < -0.3 is 20.1 Å². The van der Waals surface area contributed by atoms with E-state index in [0.29, 0.717) is 24.5 Å². The smallest absolute Gasteiger partial charge is 0.414 e. The van der Waals surface area contributed by atoms with Crippen LogP contribution in [0.5, 0.6) is 0 Å². The number of rotatable bonds is 4. The molecule has 3 rings (SSSR count). The third-order valence-corrected chi connectivity index (χ3v) is 4.67. The van der Waals surface area contributed by atoms with Gasteiger partial charge in [0, 0.05) is 32.5 Å². The maximum atomic E-state index is 14.6. The van der Waals surface area contributed by atoms with Gasteiger partial charge in [0.15, 0.2) is 0 Å². The molecule has 2 aliphatic rings. The van der Waals surface area contributed by atoms with E-state index in [4.69, 9.17) is 4.74 Å². The number of halogens is 1. The van der Waals surface area contributed by atoms with Crippen molar-refractivity contribution in [1.29, 1.82) is 0 Å². The fourth-order valence-corrected chi connectivity index (χ4v) is 3.24. The Morgan fingerprint density at radius 1 is 1.44 bits per heavy atom. The summed E-state index contributed by atoms with van der Waals surface area (Å²) in [5.41, 5.74) is 0.782. The van der Waals surface area contributed by atoms with Crippen molar-refractivity contribution in [1.82, 2.24) is 5.32 Å². The van der Waals surface area contributed by atoms with E-state index in [1.807, 2.05) is 6.92 Å². The van der Waals surface area contributed by atoms with Crippen LogP contribution >= 0.6 is 0 Å². The van der Waals surface area contributed by atoms with Crippen molar-refractivity contribution < 1.29 is 23.8 Å². The van der Waals surface area contributed by atoms with Crippen LogP contribution in [0.2, 0.25) is 0 Å². The van der Waals surface area contributed by atoms with E-state index in [2.05, 4.69) is 5.32 Å². The monoisotopic (exact) mass is 351 g/mol. The van der Waals surface area contributed by atoms with Crippen molar-refractivity contribution in [2.45, 2.75) is 26.0 Å². The molecular formula is C17H22FN3O4. The molecule has 2 heterocycles. The van der Waals surface area contributed by atoms with Gasteiger partial charge in [-0.05, 0) is 18.2 Å². The number of aliphatic hydroxyl groups excluding tert-OH is 1. The van der Waals surface area contributed by atoms with Crippen LogP contribution in [0.1, 0.15) is 13.8 Å². The molecule has 0 aromatic heterocycles. The zero-order valence-corrected chi connectivity index (χ0v) is 14.2. The normalized spacial score (nSPS) is 26.1. The lowest BCUT2D eigenvalue weighted by molar-refractivity contribution is -0.119. The van der Waals surface area contributed by atoms with Gasteiger partial charge in [-0.25, -0.2) is 9.18 Å². The molecule has 25 heavy (non-hydrogen) atoms. The standard InChI is InChI=1S/C17H22FN3O4/c1-10-7-20(8-16(10)23)15-4-3-12(5-14(15)18)21-13(6-19-11(2)22)9-25-17(21)24/h3-5,10,13,16,23H,6-9H2,1-2H3,(H,19,22)/t10-,13+,16+/m1/s1. The van der Waals surface area contributed by atoms with Gasteiger partial charge in [0.2, 0.25) is 5.91 Å². The Kier molecular flexibility index (Phi) is 4.80. The first-order valence-electron chi connectivity index (χ1n) is 8.29. The zero-order valence-electron chi connectivity index (χ0n) is 14.2. The number of aliphatic hydroxyl groups is 1. The highest BCUT2D eigenvalue weighted by atomic mass is 19.1. The number of ether oxygens (including phenoxy) is 1. The Balaban J connectivity index is 1.79. The third-order valence-electron chi connectivity index (χ3n) is 4.67. The fourth-order valence-electron chi connectivity index (χ4n) is 3.24. The topological polar surface area (TPSA) is 82.1 Å². The van der Waals surface area contributed by atoms with Gasteiger partial charge in [0.05, 0.1) is 23.5 Å². The van der Waals surface area contributed by atoms with Crippen LogP contribution in [0.15, 0.2) is 18.2 Å². The van der Waals surface area contributed by atoms with Gasteiger partial charge in [-0.3, -0.25) is 9.69 Å². The Labute approximate surface area is 145 Å². The average Bonchev–Trinajstić information content (AvgIpc) is 3.08. The number of anilines is 2. The molecule has 0 bridgehead atoms. The molecule has 0 aliphatic carbocycles. The van der Waals surface area contributed by atoms with E-state index in [1.54, 1.807) is 17.0 Å². The van der Waals surface area contributed by atoms with Crippen molar-refractivity contribution >= 4 is 23.4 Å². The molecule has 2 aliphatic heterocycles. The van der Waals surface area contributed by atoms with Crippen molar-refractivity contribution in [2.24, 2.45) is 5.92 Å². The number of carbonyl (C=O) groups excluding carboxylic acids is 2. The lowest BCUT2D eigenvalue weighted by Gasteiger charge is -2.24. The first kappa shape index (κ1) is 17.5. The average molecular weight is 351 g/mol. The van der Waals surface area contributed by atoms with E-state index >= 15 is 0 Å². The van der Waals surface area contributed by atoms with Gasteiger partial charge in [0.25, 0.3) is 0 Å². The summed E-state index contributed by atoms with van der Waals surface area (Å²) < 4.78 is 19.6. The summed E-state index contributed by atoms with van der Waals surface area (Å²) in [7, 11) is 0. The SMILES string of the molecule is CC(=O)NC[C@H]1COC(=O)N1c1ccc(N2C[C@@H](C)[C@@H](O)C2)c(F)c1. The maximum absolute atomic E-state index is 14.6. The van der Waals surface area contributed by atoms with Crippen molar-refractivity contribution in [2.75, 3.05) is 36.0 Å². The lowest BCUT2D eigenvalue weighted by Crippen LogP contribution is -2.42. The molecule has 1 aromatic carbocycles. The second kappa shape index (κ2) is 6.87. The number of amides is 2. The predicted octanol–water partition coefficient (Wildman–Crippen LogP) is 1.10. The van der Waals surface area contributed by atoms with Crippen LogP contribution in [0.3, 0.4) is 0 Å². The quantitative estimate of drug-likeness (QED) is 0.849. The second-order valence-corrected chi connectivity index (χ2v) is 6.62. The van der Waals surface area contributed by atoms with Gasteiger partial charge >= 0.3 is 6.09 Å². The van der Waals surface area contributed by atoms with Crippen LogP contribution in [-0.4, -0.2) is 55.5 Å². The molecule has 0 spiro atoms. The molecular weight excluding hydrogens is 329 g/mol. The van der Waals surface area contributed by atoms with Crippen molar-refractivity contribution in [3.05, 3.63) is 24.0 Å². The largest absolute Gasteiger partial charge is 0.447 e. The van der Waals surface area contributed by atoms with E-state index in [9.17, 15) is 19.1 Å². The maximum Gasteiger partial charge on any atom is 0.414 e. The molecule has 8 heteroatoms. The van der Waals surface area contributed by atoms with Crippen molar-refractivity contribution in [3.8, 4) is 0 Å². The number of carbonyl (C=O) groups is 2. The van der Waals surface area contributed by atoms with Crippen molar-refractivity contribution in [3.63, 3.8) is 0 Å². The number of hydrogen-bond acceptors (Lipinski definition) is 5. The van der Waals surface area contributed by atoms with Crippen LogP contribution in [0, 0.1) is 11.7 Å². The number of benzene rings is 1. The summed E-state index contributed by atoms with van der Waals surface area (Å²) in [6.07, 6.45) is -1.04. The molecule has 2 saturated heterocycles. The Morgan fingerprint density at radius 3 is 2.80 bits per heavy atom. The van der Waals surface area contributed by atoms with Crippen LogP contribution in [-0.2, 0) is 9.53 Å². The molecule has 3 atom stereocenters. The minimum absolute atomic E-state index is 0.0784. The predicted molar refractivity (Wildman–Crippen MR) is 90.1 cm³/mol. The summed E-state index contributed by atoms with van der Waals surface area (Å²) in [5, 5.41) is 12.5. The van der Waals surface area contributed by atoms with Gasteiger partial charge in [-0.2, -0.15) is 0 Å². The van der Waals surface area contributed by atoms with E-state index in [0.717, 1.165) is 0 Å². The fraction of sp³-hybridized carbons (Fsp3) is 0.529. The van der Waals surface area contributed by atoms with Crippen LogP contribution in [0.4, 0.5) is 20.6 Å². The van der Waals surface area contributed by atoms with Gasteiger partial charge in [-0.1, -0.05) is 6.92 Å². The summed E-state index contributed by atoms with van der Waals surface area (Å²) in [6, 6.07) is 4.17. The zero-order chi connectivity index (χ0) is 18.1. The molecule has 2 N–H and O–H groups in total. The molecule has 2 fully saturated rings. The molecule has 0 saturated carbocycles. The van der Waals surface area contributed by atoms with E-state index < -0.39 is 18.0 Å². The molecule has 0 unspecified atom stereocenters. The van der Waals surface area contributed by atoms with Crippen LogP contribution < -0.4 is 15.1 Å². The molecule has 1 aromatic rings. The first-order valence-corrected chi connectivity index (χ1v) is 8.29. The Morgan fingerprint density at radius 2 is 2.20 bits per heavy atom. The van der Waals surface area contributed by atoms with Gasteiger partial charge in [-0.15, -0.1) is 0 Å². The van der Waals surface area contributed by atoms with E-state index in [1.165, 1.54) is 17.9 Å². The number of nitrogens with one attached hydrogen (secondary N) is 1. The summed E-state index contributed by atoms with van der Waals surface area (Å²) >= 11 is 0. The molecule has 136 valence electrons. The lowest BCUT2D eigenvalue weighted by atomic mass is 10.1. The highest BCUT2D eigenvalue weighted by Gasteiger charge is 2.35. The number of cyclic esters (lactones) is 1. The highest BCUT2D eigenvalue weighted by Crippen LogP contribution is 2.31. The molecule has 0 radical (unpaired) electrons. The number of hydrogen-bond donors (Lipinski definition) is 2.